The lowest BCUT2D eigenvalue weighted by Gasteiger charge is -2.31. The molecule has 11 nitrogen and oxygen atoms in total. The third kappa shape index (κ3) is 10.5. The van der Waals surface area contributed by atoms with E-state index in [9.17, 15) is 19.2 Å². The number of nitrogens with zero attached hydrogens (tertiary/aromatic N) is 2. The van der Waals surface area contributed by atoms with Crippen molar-refractivity contribution < 1.29 is 38.1 Å². The average Bonchev–Trinajstić information content (AvgIpc) is 3.27. The smallest absolute Gasteiger partial charge is 0.410 e. The van der Waals surface area contributed by atoms with Crippen molar-refractivity contribution in [3.63, 3.8) is 0 Å². The van der Waals surface area contributed by atoms with Crippen LogP contribution < -0.4 is 15.0 Å². The lowest BCUT2D eigenvalue weighted by molar-refractivity contribution is -0.147. The first kappa shape index (κ1) is 36.4. The Kier molecular flexibility index (Phi) is 13.6. The molecule has 11 heteroatoms. The Morgan fingerprint density at radius 2 is 1.48 bits per heavy atom. The number of ether oxygens (including phenoxy) is 4. The molecule has 0 aliphatic carbocycles. The second-order valence-corrected chi connectivity index (χ2v) is 12.6. The minimum atomic E-state index is -0.898. The van der Waals surface area contributed by atoms with Crippen LogP contribution in [0.25, 0.3) is 0 Å². The zero-order valence-corrected chi connectivity index (χ0v) is 28.7. The molecule has 1 saturated heterocycles. The van der Waals surface area contributed by atoms with E-state index < -0.39 is 29.9 Å². The van der Waals surface area contributed by atoms with Crippen LogP contribution in [0.2, 0.25) is 0 Å². The highest BCUT2D eigenvalue weighted by atomic mass is 16.6. The van der Waals surface area contributed by atoms with E-state index >= 15 is 0 Å². The van der Waals surface area contributed by atoms with Gasteiger partial charge in [0.15, 0.2) is 0 Å². The van der Waals surface area contributed by atoms with Gasteiger partial charge in [-0.15, -0.1) is 0 Å². The predicted molar refractivity (Wildman–Crippen MR) is 187 cm³/mol. The van der Waals surface area contributed by atoms with Gasteiger partial charge in [0.1, 0.15) is 44.2 Å². The molecule has 2 aliphatic heterocycles. The summed E-state index contributed by atoms with van der Waals surface area (Å²) in [4.78, 5) is 55.6. The zero-order valence-electron chi connectivity index (χ0n) is 28.7. The number of unbranched alkanes of at least 4 members (excludes halogenated alkanes) is 1. The number of rotatable bonds is 15. The summed E-state index contributed by atoms with van der Waals surface area (Å²) in [6, 6.07) is 24.4. The molecule has 1 unspecified atom stereocenters. The Labute approximate surface area is 293 Å². The normalized spacial score (nSPS) is 16.8. The summed E-state index contributed by atoms with van der Waals surface area (Å²) in [7, 11) is 0. The first-order valence-corrected chi connectivity index (χ1v) is 17.5. The number of piperidine rings is 1. The number of amides is 2. The number of likely N-dealkylation sites (tertiary alicyclic amines) is 1. The summed E-state index contributed by atoms with van der Waals surface area (Å²) >= 11 is 0. The summed E-state index contributed by atoms with van der Waals surface area (Å²) < 4.78 is 22.4. The quantitative estimate of drug-likeness (QED) is 0.123. The van der Waals surface area contributed by atoms with E-state index in [0.717, 1.165) is 43.2 Å². The molecule has 2 aliphatic rings. The largest absolute Gasteiger partial charge is 0.489 e. The molecule has 3 aromatic rings. The van der Waals surface area contributed by atoms with Crippen LogP contribution in [0.1, 0.15) is 56.6 Å². The Morgan fingerprint density at radius 3 is 2.16 bits per heavy atom. The van der Waals surface area contributed by atoms with Crippen LogP contribution >= 0.6 is 0 Å². The molecule has 3 aromatic carbocycles. The molecular weight excluding hydrogens is 638 g/mol. The number of carbonyl (C=O) groups is 4. The summed E-state index contributed by atoms with van der Waals surface area (Å²) in [5.41, 5.74) is 2.26. The minimum absolute atomic E-state index is 0.0202. The Hall–Kier alpha value is -4.90. The molecule has 1 N–H and O–H groups in total. The molecule has 0 bridgehead atoms. The zero-order chi connectivity index (χ0) is 35.1. The van der Waals surface area contributed by atoms with Crippen LogP contribution in [0, 0.1) is 5.92 Å². The topological polar surface area (TPSA) is 124 Å². The van der Waals surface area contributed by atoms with Gasteiger partial charge >= 0.3 is 18.0 Å². The van der Waals surface area contributed by atoms with Crippen molar-refractivity contribution in [2.75, 3.05) is 37.7 Å². The van der Waals surface area contributed by atoms with Crippen LogP contribution in [0.4, 0.5) is 10.5 Å². The van der Waals surface area contributed by atoms with Crippen LogP contribution in [0.15, 0.2) is 84.9 Å². The highest BCUT2D eigenvalue weighted by Gasteiger charge is 2.36. The Bertz CT molecular complexity index is 1550. The van der Waals surface area contributed by atoms with E-state index in [2.05, 4.69) is 5.32 Å². The molecule has 0 radical (unpaired) electrons. The Balaban J connectivity index is 1.11. The number of esters is 2. The maximum absolute atomic E-state index is 13.9. The van der Waals surface area contributed by atoms with Crippen molar-refractivity contribution in [2.45, 2.75) is 70.7 Å². The van der Waals surface area contributed by atoms with Crippen molar-refractivity contribution in [3.8, 4) is 5.75 Å². The van der Waals surface area contributed by atoms with Gasteiger partial charge in [-0.25, -0.2) is 4.79 Å². The molecule has 2 atom stereocenters. The third-order valence-corrected chi connectivity index (χ3v) is 9.06. The molecule has 2 amide bonds. The van der Waals surface area contributed by atoms with Crippen molar-refractivity contribution in [1.82, 2.24) is 10.2 Å². The van der Waals surface area contributed by atoms with Gasteiger partial charge in [0.2, 0.25) is 5.91 Å². The first-order valence-electron chi connectivity index (χ1n) is 17.5. The number of hydrogen-bond acceptors (Lipinski definition) is 9. The van der Waals surface area contributed by atoms with E-state index in [1.807, 2.05) is 60.7 Å². The van der Waals surface area contributed by atoms with E-state index in [1.54, 1.807) is 36.1 Å². The molecule has 1 fully saturated rings. The first-order chi connectivity index (χ1) is 24.4. The van der Waals surface area contributed by atoms with Gasteiger partial charge in [0.05, 0.1) is 12.3 Å². The Morgan fingerprint density at radius 1 is 0.840 bits per heavy atom. The fourth-order valence-electron chi connectivity index (χ4n) is 6.30. The number of nitrogens with one attached hydrogen (secondary N) is 1. The molecular formula is C39H47N3O8. The molecule has 5 rings (SSSR count). The summed E-state index contributed by atoms with van der Waals surface area (Å²) in [6.45, 7) is 3.31. The highest BCUT2D eigenvalue weighted by molar-refractivity contribution is 6.02. The lowest BCUT2D eigenvalue weighted by Crippen LogP contribution is -2.55. The number of hydrogen-bond donors (Lipinski definition) is 1. The van der Waals surface area contributed by atoms with Gasteiger partial charge in [-0.2, -0.15) is 0 Å². The molecule has 50 heavy (non-hydrogen) atoms. The van der Waals surface area contributed by atoms with Crippen LogP contribution in [-0.2, 0) is 41.8 Å². The maximum atomic E-state index is 13.9. The minimum Gasteiger partial charge on any atom is -0.489 e. The molecule has 266 valence electrons. The van der Waals surface area contributed by atoms with E-state index in [-0.39, 0.29) is 39.1 Å². The van der Waals surface area contributed by atoms with Crippen molar-refractivity contribution >= 4 is 29.6 Å². The standard InChI is InChI=1S/C39H47N3O8/c1-2-47-38(45)32(18-10-9-13-29-21-23-41(24-22-29)39(46)50-27-31-16-7-4-8-17-31)40-33-28-48-35-20-12-11-19-34(35)42(37(33)44)25-36(43)49-26-30-14-5-3-6-15-30/h3-8,11-12,14-17,19-20,29,32-33,40H,2,9-10,13,18,21-28H2,1H3/t32-,33?/m0/s1. The number of para-hydroxylation sites is 2. The van der Waals surface area contributed by atoms with E-state index in [1.165, 1.54) is 4.90 Å². The summed E-state index contributed by atoms with van der Waals surface area (Å²) in [5.74, 6) is -0.445. The third-order valence-electron chi connectivity index (χ3n) is 9.06. The second kappa shape index (κ2) is 18.7. The molecule has 0 spiro atoms. The molecule has 2 heterocycles. The lowest BCUT2D eigenvalue weighted by atomic mass is 9.91. The molecule has 0 saturated carbocycles. The highest BCUT2D eigenvalue weighted by Crippen LogP contribution is 2.31. The van der Waals surface area contributed by atoms with Gasteiger partial charge < -0.3 is 23.8 Å². The van der Waals surface area contributed by atoms with Gasteiger partial charge in [0, 0.05) is 13.1 Å². The fraction of sp³-hybridized carbons (Fsp3) is 0.436. The monoisotopic (exact) mass is 685 g/mol. The second-order valence-electron chi connectivity index (χ2n) is 12.6. The van der Waals surface area contributed by atoms with Crippen molar-refractivity contribution in [3.05, 3.63) is 96.1 Å². The number of fused-ring (bicyclic) bond motifs is 1. The van der Waals surface area contributed by atoms with E-state index in [4.69, 9.17) is 18.9 Å². The van der Waals surface area contributed by atoms with Crippen LogP contribution in [0.5, 0.6) is 5.75 Å². The summed E-state index contributed by atoms with van der Waals surface area (Å²) in [6.07, 6.45) is 4.60. The number of benzene rings is 3. The SMILES string of the molecule is CCOC(=O)[C@H](CCCCC1CCN(C(=O)OCc2ccccc2)CC1)NC1COc2ccccc2N(CC(=O)OCc2ccccc2)C1=O. The van der Waals surface area contributed by atoms with E-state index in [0.29, 0.717) is 36.9 Å². The average molecular weight is 686 g/mol. The molecule has 0 aromatic heterocycles. The van der Waals surface area contributed by atoms with Gasteiger partial charge in [-0.1, -0.05) is 92.1 Å². The van der Waals surface area contributed by atoms with Gasteiger partial charge in [-0.05, 0) is 55.4 Å². The number of anilines is 1. The number of carbonyl (C=O) groups excluding carboxylic acids is 4. The predicted octanol–water partition coefficient (Wildman–Crippen LogP) is 5.65. The van der Waals surface area contributed by atoms with Crippen molar-refractivity contribution in [1.29, 1.82) is 0 Å². The van der Waals surface area contributed by atoms with Crippen molar-refractivity contribution in [2.24, 2.45) is 5.92 Å². The maximum Gasteiger partial charge on any atom is 0.410 e. The fourth-order valence-corrected chi connectivity index (χ4v) is 6.30. The van der Waals surface area contributed by atoms with Gasteiger partial charge in [-0.3, -0.25) is 24.6 Å². The summed E-state index contributed by atoms with van der Waals surface area (Å²) in [5, 5.41) is 3.21. The van der Waals surface area contributed by atoms with Gasteiger partial charge in [0.25, 0.3) is 0 Å². The van der Waals surface area contributed by atoms with Crippen LogP contribution in [-0.4, -0.2) is 73.8 Å². The van der Waals surface area contributed by atoms with Crippen LogP contribution in [0.3, 0.4) is 0 Å².